The van der Waals surface area contributed by atoms with Gasteiger partial charge in [-0.2, -0.15) is 5.10 Å². The normalized spacial score (nSPS) is 24.5. The summed E-state index contributed by atoms with van der Waals surface area (Å²) in [6.45, 7) is 2.04. The summed E-state index contributed by atoms with van der Waals surface area (Å²) in [6.07, 6.45) is 0. The number of ether oxygens (including phenoxy) is 1. The molecule has 3 rings (SSSR count). The third-order valence-electron chi connectivity index (χ3n) is 3.73. The molecule has 0 aromatic heterocycles. The second-order valence-corrected chi connectivity index (χ2v) is 4.95. The molecule has 2 amide bonds. The van der Waals surface area contributed by atoms with Crippen molar-refractivity contribution in [1.29, 1.82) is 0 Å². The second kappa shape index (κ2) is 4.63. The number of hydrogen-bond donors (Lipinski definition) is 1. The molecule has 0 radical (unpaired) electrons. The van der Waals surface area contributed by atoms with Gasteiger partial charge in [-0.25, -0.2) is 0 Å². The summed E-state index contributed by atoms with van der Waals surface area (Å²) in [5.74, 6) is -0.0893. The number of nitrogens with zero attached hydrogens (tertiary/aromatic N) is 2. The minimum Gasteiger partial charge on any atom is -0.497 e. The standard InChI is InChI=1S/C14H15N3O3/c1-8-11-12(16-15-8)14(19)17(13(11)18)7-9-3-5-10(20-2)6-4-9/h3-6,11-12,16H,7H2,1-2H3/t11-,12+/m1/s1. The number of carbonyl (C=O) groups excluding carboxylic acids is 2. The Morgan fingerprint density at radius 3 is 2.55 bits per heavy atom. The van der Waals surface area contributed by atoms with Gasteiger partial charge in [0.1, 0.15) is 17.7 Å². The number of hydrazone groups is 1. The van der Waals surface area contributed by atoms with Crippen LogP contribution in [0.2, 0.25) is 0 Å². The number of carbonyl (C=O) groups is 2. The zero-order valence-corrected chi connectivity index (χ0v) is 11.3. The average molecular weight is 273 g/mol. The van der Waals surface area contributed by atoms with Crippen LogP contribution in [0.15, 0.2) is 29.4 Å². The number of likely N-dealkylation sites (tertiary alicyclic amines) is 1. The molecule has 104 valence electrons. The van der Waals surface area contributed by atoms with E-state index >= 15 is 0 Å². The highest BCUT2D eigenvalue weighted by Gasteiger charge is 2.51. The largest absolute Gasteiger partial charge is 0.497 e. The number of nitrogens with one attached hydrogen (secondary N) is 1. The van der Waals surface area contributed by atoms with Gasteiger partial charge in [-0.05, 0) is 24.6 Å². The van der Waals surface area contributed by atoms with Crippen molar-refractivity contribution < 1.29 is 14.3 Å². The summed E-state index contributed by atoms with van der Waals surface area (Å²) >= 11 is 0. The van der Waals surface area contributed by atoms with E-state index in [9.17, 15) is 9.59 Å². The van der Waals surface area contributed by atoms with E-state index in [1.54, 1.807) is 14.0 Å². The molecular formula is C14H15N3O3. The van der Waals surface area contributed by atoms with Gasteiger partial charge >= 0.3 is 0 Å². The maximum absolute atomic E-state index is 12.3. The Hall–Kier alpha value is -2.37. The van der Waals surface area contributed by atoms with Crippen LogP contribution >= 0.6 is 0 Å². The van der Waals surface area contributed by atoms with E-state index in [2.05, 4.69) is 10.5 Å². The molecule has 1 saturated heterocycles. The van der Waals surface area contributed by atoms with Crippen LogP contribution in [0.4, 0.5) is 0 Å². The SMILES string of the molecule is COc1ccc(CN2C(=O)[C@@H]3C(C)=NN[C@@H]3C2=O)cc1. The molecule has 1 aromatic carbocycles. The maximum atomic E-state index is 12.3. The molecule has 20 heavy (non-hydrogen) atoms. The zero-order chi connectivity index (χ0) is 14.3. The van der Waals surface area contributed by atoms with Crippen molar-refractivity contribution in [3.63, 3.8) is 0 Å². The molecule has 2 aliphatic heterocycles. The topological polar surface area (TPSA) is 71.0 Å². The molecule has 0 bridgehead atoms. The summed E-state index contributed by atoms with van der Waals surface area (Å²) in [6, 6.07) is 6.79. The van der Waals surface area contributed by atoms with Crippen LogP contribution in [0.1, 0.15) is 12.5 Å². The molecule has 1 N–H and O–H groups in total. The molecule has 6 nitrogen and oxygen atoms in total. The Bertz CT molecular complexity index is 594. The molecule has 1 fully saturated rings. The van der Waals surface area contributed by atoms with Crippen molar-refractivity contribution in [3.8, 4) is 5.75 Å². The predicted molar refractivity (Wildman–Crippen MR) is 72.1 cm³/mol. The number of hydrogen-bond acceptors (Lipinski definition) is 5. The summed E-state index contributed by atoms with van der Waals surface area (Å²) in [7, 11) is 1.59. The molecule has 0 spiro atoms. The van der Waals surface area contributed by atoms with Crippen molar-refractivity contribution in [3.05, 3.63) is 29.8 Å². The van der Waals surface area contributed by atoms with Crippen LogP contribution in [-0.4, -0.2) is 35.6 Å². The van der Waals surface area contributed by atoms with Gasteiger partial charge in [0.2, 0.25) is 5.91 Å². The van der Waals surface area contributed by atoms with Crippen LogP contribution < -0.4 is 10.2 Å². The van der Waals surface area contributed by atoms with E-state index in [1.165, 1.54) is 4.90 Å². The van der Waals surface area contributed by atoms with Crippen LogP contribution in [0.5, 0.6) is 5.75 Å². The van der Waals surface area contributed by atoms with Gasteiger partial charge in [-0.15, -0.1) is 0 Å². The summed E-state index contributed by atoms with van der Waals surface area (Å²) in [5, 5.41) is 3.97. The van der Waals surface area contributed by atoms with E-state index in [1.807, 2.05) is 24.3 Å². The number of imide groups is 1. The van der Waals surface area contributed by atoms with Crippen molar-refractivity contribution in [2.75, 3.05) is 7.11 Å². The molecule has 0 aliphatic carbocycles. The summed E-state index contributed by atoms with van der Waals surface area (Å²) in [4.78, 5) is 25.8. The number of methoxy groups -OCH3 is 1. The Morgan fingerprint density at radius 2 is 1.95 bits per heavy atom. The molecule has 1 aromatic rings. The lowest BCUT2D eigenvalue weighted by Gasteiger charge is -2.15. The fourth-order valence-electron chi connectivity index (χ4n) is 2.59. The Balaban J connectivity index is 1.79. The van der Waals surface area contributed by atoms with Crippen LogP contribution in [0.3, 0.4) is 0 Å². The summed E-state index contributed by atoms with van der Waals surface area (Å²) < 4.78 is 5.08. The molecule has 2 atom stereocenters. The quantitative estimate of drug-likeness (QED) is 0.815. The van der Waals surface area contributed by atoms with Gasteiger partial charge in [-0.1, -0.05) is 12.1 Å². The first-order valence-corrected chi connectivity index (χ1v) is 6.39. The molecular weight excluding hydrogens is 258 g/mol. The molecule has 0 unspecified atom stereocenters. The maximum Gasteiger partial charge on any atom is 0.254 e. The Labute approximate surface area is 116 Å². The van der Waals surface area contributed by atoms with Gasteiger partial charge < -0.3 is 4.74 Å². The smallest absolute Gasteiger partial charge is 0.254 e. The number of fused-ring (bicyclic) bond motifs is 1. The van der Waals surface area contributed by atoms with Crippen LogP contribution in [-0.2, 0) is 16.1 Å². The third-order valence-corrected chi connectivity index (χ3v) is 3.73. The first-order chi connectivity index (χ1) is 9.61. The Kier molecular flexibility index (Phi) is 2.93. The van der Waals surface area contributed by atoms with E-state index < -0.39 is 12.0 Å². The van der Waals surface area contributed by atoms with E-state index in [-0.39, 0.29) is 18.4 Å². The highest BCUT2D eigenvalue weighted by molar-refractivity contribution is 6.18. The minimum absolute atomic E-state index is 0.179. The molecule has 0 saturated carbocycles. The molecule has 2 aliphatic rings. The van der Waals surface area contributed by atoms with Gasteiger partial charge in [0.25, 0.3) is 5.91 Å². The lowest BCUT2D eigenvalue weighted by Crippen LogP contribution is -2.35. The number of rotatable bonds is 3. The third kappa shape index (κ3) is 1.84. The van der Waals surface area contributed by atoms with Crippen molar-refractivity contribution in [2.45, 2.75) is 19.5 Å². The second-order valence-electron chi connectivity index (χ2n) is 4.95. The van der Waals surface area contributed by atoms with Crippen LogP contribution in [0, 0.1) is 5.92 Å². The number of amides is 2. The van der Waals surface area contributed by atoms with Gasteiger partial charge in [-0.3, -0.25) is 19.9 Å². The molecule has 2 heterocycles. The van der Waals surface area contributed by atoms with Gasteiger partial charge in [0.05, 0.1) is 13.7 Å². The minimum atomic E-state index is -0.527. The monoisotopic (exact) mass is 273 g/mol. The lowest BCUT2D eigenvalue weighted by molar-refractivity contribution is -0.140. The Morgan fingerprint density at radius 1 is 1.25 bits per heavy atom. The fourth-order valence-corrected chi connectivity index (χ4v) is 2.59. The number of benzene rings is 1. The first-order valence-electron chi connectivity index (χ1n) is 6.39. The highest BCUT2D eigenvalue weighted by Crippen LogP contribution is 2.27. The fraction of sp³-hybridized carbons (Fsp3) is 0.357. The van der Waals surface area contributed by atoms with Gasteiger partial charge in [0, 0.05) is 5.71 Å². The first kappa shape index (κ1) is 12.7. The van der Waals surface area contributed by atoms with Crippen molar-refractivity contribution in [2.24, 2.45) is 11.0 Å². The highest BCUT2D eigenvalue weighted by atomic mass is 16.5. The molecule has 6 heteroatoms. The lowest BCUT2D eigenvalue weighted by atomic mass is 10.0. The average Bonchev–Trinajstić information content (AvgIpc) is 2.95. The van der Waals surface area contributed by atoms with E-state index in [4.69, 9.17) is 4.74 Å². The van der Waals surface area contributed by atoms with Crippen LogP contribution in [0.25, 0.3) is 0 Å². The van der Waals surface area contributed by atoms with E-state index in [0.717, 1.165) is 11.3 Å². The van der Waals surface area contributed by atoms with Crippen molar-refractivity contribution >= 4 is 17.5 Å². The van der Waals surface area contributed by atoms with Gasteiger partial charge in [0.15, 0.2) is 0 Å². The predicted octanol–water partition coefficient (Wildman–Crippen LogP) is 0.528. The zero-order valence-electron chi connectivity index (χ0n) is 11.3. The van der Waals surface area contributed by atoms with Crippen molar-refractivity contribution in [1.82, 2.24) is 10.3 Å². The summed E-state index contributed by atoms with van der Waals surface area (Å²) in [5.41, 5.74) is 4.30. The van der Waals surface area contributed by atoms with E-state index in [0.29, 0.717) is 5.71 Å².